The van der Waals surface area contributed by atoms with Crippen LogP contribution in [0, 0.1) is 11.3 Å². The molecular weight excluding hydrogens is 260 g/mol. The molecule has 3 heteroatoms. The van der Waals surface area contributed by atoms with Crippen LogP contribution in [-0.2, 0) is 4.74 Å². The molecule has 1 aliphatic rings. The highest BCUT2D eigenvalue weighted by atomic mass is 16.5. The van der Waals surface area contributed by atoms with E-state index in [1.165, 1.54) is 25.7 Å². The number of nitrogens with zero attached hydrogens (tertiary/aromatic N) is 1. The predicted octanol–water partition coefficient (Wildman–Crippen LogP) is 3.09. The van der Waals surface area contributed by atoms with Crippen molar-refractivity contribution in [3.8, 4) is 0 Å². The van der Waals surface area contributed by atoms with Crippen LogP contribution in [0.15, 0.2) is 25.3 Å². The zero-order valence-electron chi connectivity index (χ0n) is 14.1. The van der Waals surface area contributed by atoms with Gasteiger partial charge < -0.3 is 10.1 Å². The Morgan fingerprint density at radius 3 is 2.38 bits per heavy atom. The van der Waals surface area contributed by atoms with E-state index in [0.717, 1.165) is 45.2 Å². The maximum Gasteiger partial charge on any atom is 0.0587 e. The lowest BCUT2D eigenvalue weighted by Gasteiger charge is -2.43. The molecule has 0 bridgehead atoms. The normalized spacial score (nSPS) is 26.0. The fraction of sp³-hybridized carbons (Fsp3) is 0.778. The van der Waals surface area contributed by atoms with Crippen molar-refractivity contribution >= 4 is 0 Å². The van der Waals surface area contributed by atoms with Gasteiger partial charge in [-0.3, -0.25) is 4.90 Å². The number of rotatable bonds is 11. The Morgan fingerprint density at radius 2 is 1.86 bits per heavy atom. The lowest BCUT2D eigenvalue weighted by atomic mass is 9.70. The molecule has 1 aliphatic carbocycles. The largest absolute Gasteiger partial charge is 0.383 e. The molecule has 0 unspecified atom stereocenters. The van der Waals surface area contributed by atoms with E-state index in [1.54, 1.807) is 7.11 Å². The van der Waals surface area contributed by atoms with E-state index >= 15 is 0 Å². The monoisotopic (exact) mass is 294 g/mol. The van der Waals surface area contributed by atoms with Crippen LogP contribution in [0.5, 0.6) is 0 Å². The summed E-state index contributed by atoms with van der Waals surface area (Å²) in [6, 6.07) is 0. The Labute approximate surface area is 131 Å². The van der Waals surface area contributed by atoms with Gasteiger partial charge in [0.05, 0.1) is 6.61 Å². The molecule has 1 rings (SSSR count). The summed E-state index contributed by atoms with van der Waals surface area (Å²) < 4.78 is 5.14. The van der Waals surface area contributed by atoms with Crippen LogP contribution in [0.1, 0.15) is 32.6 Å². The van der Waals surface area contributed by atoms with Gasteiger partial charge in [-0.05, 0) is 24.2 Å². The first-order valence-corrected chi connectivity index (χ1v) is 8.29. The molecule has 0 atom stereocenters. The van der Waals surface area contributed by atoms with Crippen molar-refractivity contribution in [2.45, 2.75) is 32.6 Å². The molecule has 0 heterocycles. The van der Waals surface area contributed by atoms with Crippen molar-refractivity contribution in [3.63, 3.8) is 0 Å². The molecule has 1 saturated carbocycles. The average Bonchev–Trinajstić information content (AvgIpc) is 2.47. The first-order chi connectivity index (χ1) is 10.2. The predicted molar refractivity (Wildman–Crippen MR) is 91.6 cm³/mol. The lowest BCUT2D eigenvalue weighted by molar-refractivity contribution is 0.0943. The van der Waals surface area contributed by atoms with Crippen LogP contribution in [0.3, 0.4) is 0 Å². The van der Waals surface area contributed by atoms with Crippen molar-refractivity contribution in [2.24, 2.45) is 11.3 Å². The lowest BCUT2D eigenvalue weighted by Crippen LogP contribution is -2.46. The van der Waals surface area contributed by atoms with Crippen molar-refractivity contribution in [3.05, 3.63) is 25.3 Å². The van der Waals surface area contributed by atoms with Gasteiger partial charge in [-0.25, -0.2) is 0 Å². The van der Waals surface area contributed by atoms with Crippen LogP contribution < -0.4 is 5.32 Å². The summed E-state index contributed by atoms with van der Waals surface area (Å²) in [6.07, 6.45) is 9.34. The maximum absolute atomic E-state index is 5.14. The SMILES string of the molecule is C=CCN(CC=C)CC1(CNCCOC)CCC(C)CC1. The highest BCUT2D eigenvalue weighted by molar-refractivity contribution is 4.92. The summed E-state index contributed by atoms with van der Waals surface area (Å²) >= 11 is 0. The van der Waals surface area contributed by atoms with Crippen LogP contribution in [-0.4, -0.2) is 51.3 Å². The molecule has 0 aromatic rings. The van der Waals surface area contributed by atoms with E-state index in [4.69, 9.17) is 4.74 Å². The van der Waals surface area contributed by atoms with Gasteiger partial charge in [0, 0.05) is 39.8 Å². The Morgan fingerprint density at radius 1 is 1.24 bits per heavy atom. The van der Waals surface area contributed by atoms with Gasteiger partial charge in [-0.2, -0.15) is 0 Å². The van der Waals surface area contributed by atoms with E-state index in [1.807, 2.05) is 12.2 Å². The van der Waals surface area contributed by atoms with Crippen molar-refractivity contribution < 1.29 is 4.74 Å². The van der Waals surface area contributed by atoms with Crippen LogP contribution in [0.4, 0.5) is 0 Å². The van der Waals surface area contributed by atoms with Crippen molar-refractivity contribution in [2.75, 3.05) is 46.4 Å². The zero-order chi connectivity index (χ0) is 15.6. The fourth-order valence-electron chi connectivity index (χ4n) is 3.34. The summed E-state index contributed by atoms with van der Waals surface area (Å²) in [5, 5.41) is 3.60. The number of hydrogen-bond acceptors (Lipinski definition) is 3. The molecule has 0 radical (unpaired) electrons. The summed E-state index contributed by atoms with van der Waals surface area (Å²) in [7, 11) is 1.76. The minimum Gasteiger partial charge on any atom is -0.383 e. The molecular formula is C18H34N2O. The highest BCUT2D eigenvalue weighted by Crippen LogP contribution is 2.39. The minimum atomic E-state index is 0.395. The second-order valence-electron chi connectivity index (χ2n) is 6.62. The number of hydrogen-bond donors (Lipinski definition) is 1. The standard InChI is InChI=1S/C18H34N2O/c1-5-12-20(13-6-2)16-18(15-19-11-14-21-4)9-7-17(3)8-10-18/h5-6,17,19H,1-2,7-16H2,3-4H3. The van der Waals surface area contributed by atoms with E-state index in [0.29, 0.717) is 5.41 Å². The quantitative estimate of drug-likeness (QED) is 0.468. The first kappa shape index (κ1) is 18.4. The Balaban J connectivity index is 2.61. The first-order valence-electron chi connectivity index (χ1n) is 8.29. The molecule has 0 amide bonds. The van der Waals surface area contributed by atoms with Gasteiger partial charge >= 0.3 is 0 Å². The third-order valence-electron chi connectivity index (χ3n) is 4.65. The molecule has 1 fully saturated rings. The molecule has 21 heavy (non-hydrogen) atoms. The molecule has 1 N–H and O–H groups in total. The van der Waals surface area contributed by atoms with E-state index in [2.05, 4.69) is 30.3 Å². The van der Waals surface area contributed by atoms with Gasteiger partial charge in [0.1, 0.15) is 0 Å². The van der Waals surface area contributed by atoms with Crippen molar-refractivity contribution in [1.82, 2.24) is 10.2 Å². The van der Waals surface area contributed by atoms with Gasteiger partial charge in [-0.1, -0.05) is 31.9 Å². The zero-order valence-corrected chi connectivity index (χ0v) is 14.1. The molecule has 0 aromatic heterocycles. The Kier molecular flexibility index (Phi) is 8.90. The second kappa shape index (κ2) is 10.1. The molecule has 0 saturated heterocycles. The minimum absolute atomic E-state index is 0.395. The smallest absolute Gasteiger partial charge is 0.0587 e. The maximum atomic E-state index is 5.14. The number of methoxy groups -OCH3 is 1. The fourth-order valence-corrected chi connectivity index (χ4v) is 3.34. The van der Waals surface area contributed by atoms with Crippen LogP contribution in [0.25, 0.3) is 0 Å². The molecule has 0 aliphatic heterocycles. The summed E-state index contributed by atoms with van der Waals surface area (Å²) in [5.41, 5.74) is 0.395. The third-order valence-corrected chi connectivity index (χ3v) is 4.65. The Bertz CT molecular complexity index is 286. The molecule has 0 spiro atoms. The molecule has 3 nitrogen and oxygen atoms in total. The van der Waals surface area contributed by atoms with Crippen LogP contribution >= 0.6 is 0 Å². The summed E-state index contributed by atoms with van der Waals surface area (Å²) in [4.78, 5) is 2.47. The van der Waals surface area contributed by atoms with E-state index < -0.39 is 0 Å². The van der Waals surface area contributed by atoms with Gasteiger partial charge in [0.15, 0.2) is 0 Å². The third kappa shape index (κ3) is 6.77. The van der Waals surface area contributed by atoms with Gasteiger partial charge in [0.2, 0.25) is 0 Å². The average molecular weight is 294 g/mol. The second-order valence-corrected chi connectivity index (χ2v) is 6.62. The van der Waals surface area contributed by atoms with Gasteiger partial charge in [0.25, 0.3) is 0 Å². The Hall–Kier alpha value is -0.640. The van der Waals surface area contributed by atoms with E-state index in [-0.39, 0.29) is 0 Å². The number of ether oxygens (including phenoxy) is 1. The van der Waals surface area contributed by atoms with E-state index in [9.17, 15) is 0 Å². The summed E-state index contributed by atoms with van der Waals surface area (Å²) in [5.74, 6) is 0.879. The van der Waals surface area contributed by atoms with Crippen LogP contribution in [0.2, 0.25) is 0 Å². The summed E-state index contributed by atoms with van der Waals surface area (Å²) in [6.45, 7) is 16.0. The highest BCUT2D eigenvalue weighted by Gasteiger charge is 2.35. The van der Waals surface area contributed by atoms with Gasteiger partial charge in [-0.15, -0.1) is 13.2 Å². The number of nitrogens with one attached hydrogen (secondary N) is 1. The van der Waals surface area contributed by atoms with Crippen molar-refractivity contribution in [1.29, 1.82) is 0 Å². The molecule has 122 valence electrons. The topological polar surface area (TPSA) is 24.5 Å². The molecule has 0 aromatic carbocycles.